The standard InChI is InChI=1S/C22H25F4N3O3S/c1-15-13-28(14-16-3-7-19(23)8-4-16)9-10-29(15)21(30)11-17-5-6-18(22(24,25)26)12-20(17)27-33(2,31)32/h3-8,12,15,27H,9-11,13-14H2,1-2H3. The number of rotatable bonds is 6. The van der Waals surface area contributed by atoms with Crippen LogP contribution in [0.1, 0.15) is 23.6 Å². The number of amides is 1. The number of nitrogens with zero attached hydrogens (tertiary/aromatic N) is 2. The maximum Gasteiger partial charge on any atom is 0.416 e. The minimum Gasteiger partial charge on any atom is -0.337 e. The van der Waals surface area contributed by atoms with E-state index in [0.29, 0.717) is 32.2 Å². The largest absolute Gasteiger partial charge is 0.416 e. The van der Waals surface area contributed by atoms with E-state index >= 15 is 0 Å². The van der Waals surface area contributed by atoms with E-state index in [1.54, 1.807) is 17.0 Å². The first-order valence-corrected chi connectivity index (χ1v) is 12.1. The Morgan fingerprint density at radius 2 is 1.79 bits per heavy atom. The van der Waals surface area contributed by atoms with Crippen LogP contribution in [-0.4, -0.2) is 56.1 Å². The molecule has 11 heteroatoms. The number of anilines is 1. The predicted molar refractivity (Wildman–Crippen MR) is 116 cm³/mol. The van der Waals surface area contributed by atoms with Gasteiger partial charge in [-0.3, -0.25) is 14.4 Å². The molecule has 2 aromatic rings. The molecule has 1 atom stereocenters. The first-order chi connectivity index (χ1) is 15.3. The Labute approximate surface area is 190 Å². The highest BCUT2D eigenvalue weighted by Gasteiger charge is 2.32. The molecule has 0 aliphatic carbocycles. The van der Waals surface area contributed by atoms with Gasteiger partial charge in [-0.1, -0.05) is 18.2 Å². The van der Waals surface area contributed by atoms with Gasteiger partial charge in [0.05, 0.1) is 23.9 Å². The maximum absolute atomic E-state index is 13.1. The third-order valence-corrected chi connectivity index (χ3v) is 6.02. The number of sulfonamides is 1. The molecule has 1 fully saturated rings. The first kappa shape index (κ1) is 25.0. The van der Waals surface area contributed by atoms with Gasteiger partial charge < -0.3 is 4.90 Å². The Morgan fingerprint density at radius 3 is 2.36 bits per heavy atom. The SMILES string of the molecule is CC1CN(Cc2ccc(F)cc2)CCN1C(=O)Cc1ccc(C(F)(F)F)cc1NS(C)(=O)=O. The summed E-state index contributed by atoms with van der Waals surface area (Å²) < 4.78 is 77.7. The summed E-state index contributed by atoms with van der Waals surface area (Å²) in [4.78, 5) is 16.7. The first-order valence-electron chi connectivity index (χ1n) is 10.3. The second-order valence-corrected chi connectivity index (χ2v) is 9.97. The average Bonchev–Trinajstić information content (AvgIpc) is 2.69. The van der Waals surface area contributed by atoms with Gasteiger partial charge in [-0.25, -0.2) is 12.8 Å². The van der Waals surface area contributed by atoms with Gasteiger partial charge in [0.15, 0.2) is 0 Å². The summed E-state index contributed by atoms with van der Waals surface area (Å²) in [5, 5.41) is 0. The lowest BCUT2D eigenvalue weighted by molar-refractivity contribution is -0.137. The van der Waals surface area contributed by atoms with Crippen molar-refractivity contribution < 1.29 is 30.8 Å². The average molecular weight is 488 g/mol. The fraction of sp³-hybridized carbons (Fsp3) is 0.409. The number of alkyl halides is 3. The van der Waals surface area contributed by atoms with Crippen molar-refractivity contribution in [2.24, 2.45) is 0 Å². The Morgan fingerprint density at radius 1 is 1.12 bits per heavy atom. The van der Waals surface area contributed by atoms with Crippen molar-refractivity contribution in [3.8, 4) is 0 Å². The zero-order valence-corrected chi connectivity index (χ0v) is 19.0. The van der Waals surface area contributed by atoms with Gasteiger partial charge in [0.25, 0.3) is 0 Å². The number of carbonyl (C=O) groups excluding carboxylic acids is 1. The molecule has 1 heterocycles. The van der Waals surface area contributed by atoms with E-state index in [-0.39, 0.29) is 35.4 Å². The second kappa shape index (κ2) is 9.68. The molecule has 1 aliphatic heterocycles. The number of carbonyl (C=O) groups is 1. The number of hydrogen-bond acceptors (Lipinski definition) is 4. The number of benzene rings is 2. The smallest absolute Gasteiger partial charge is 0.337 e. The Kier molecular flexibility index (Phi) is 7.32. The lowest BCUT2D eigenvalue weighted by atomic mass is 10.0. The number of hydrogen-bond donors (Lipinski definition) is 1. The van der Waals surface area contributed by atoms with E-state index in [4.69, 9.17) is 0 Å². The molecule has 1 N–H and O–H groups in total. The van der Waals surface area contributed by atoms with Crippen LogP contribution in [0.25, 0.3) is 0 Å². The molecule has 0 saturated carbocycles. The molecule has 180 valence electrons. The molecule has 1 aliphatic rings. The van der Waals surface area contributed by atoms with Crippen molar-refractivity contribution >= 4 is 21.6 Å². The molecule has 3 rings (SSSR count). The summed E-state index contributed by atoms with van der Waals surface area (Å²) in [6, 6.07) is 8.71. The van der Waals surface area contributed by atoms with Crippen molar-refractivity contribution in [1.82, 2.24) is 9.80 Å². The van der Waals surface area contributed by atoms with Crippen LogP contribution in [0.15, 0.2) is 42.5 Å². The zero-order chi connectivity index (χ0) is 24.4. The van der Waals surface area contributed by atoms with Crippen LogP contribution in [0.3, 0.4) is 0 Å². The summed E-state index contributed by atoms with van der Waals surface area (Å²) in [6.45, 7) is 4.04. The Hall–Kier alpha value is -2.66. The molecule has 1 amide bonds. The van der Waals surface area contributed by atoms with Crippen molar-refractivity contribution in [3.05, 3.63) is 65.0 Å². The molecule has 0 radical (unpaired) electrons. The lowest BCUT2D eigenvalue weighted by Crippen LogP contribution is -2.54. The van der Waals surface area contributed by atoms with E-state index in [1.165, 1.54) is 12.1 Å². The van der Waals surface area contributed by atoms with Crippen LogP contribution in [0.5, 0.6) is 0 Å². The van der Waals surface area contributed by atoms with E-state index < -0.39 is 21.8 Å². The summed E-state index contributed by atoms with van der Waals surface area (Å²) >= 11 is 0. The number of piperazine rings is 1. The van der Waals surface area contributed by atoms with Crippen molar-refractivity contribution in [2.45, 2.75) is 32.1 Å². The van der Waals surface area contributed by atoms with Crippen LogP contribution in [-0.2, 0) is 34.0 Å². The van der Waals surface area contributed by atoms with E-state index in [2.05, 4.69) is 9.62 Å². The lowest BCUT2D eigenvalue weighted by Gasteiger charge is -2.40. The van der Waals surface area contributed by atoms with E-state index in [1.807, 2.05) is 6.92 Å². The minimum absolute atomic E-state index is 0.160. The van der Waals surface area contributed by atoms with Crippen molar-refractivity contribution in [3.63, 3.8) is 0 Å². The topological polar surface area (TPSA) is 69.7 Å². The molecule has 1 unspecified atom stereocenters. The van der Waals surface area contributed by atoms with Crippen molar-refractivity contribution in [1.29, 1.82) is 0 Å². The highest BCUT2D eigenvalue weighted by molar-refractivity contribution is 7.92. The fourth-order valence-electron chi connectivity index (χ4n) is 3.86. The van der Waals surface area contributed by atoms with Gasteiger partial charge in [-0.05, 0) is 42.3 Å². The normalized spacial score (nSPS) is 17.8. The van der Waals surface area contributed by atoms with Crippen LogP contribution in [0, 0.1) is 5.82 Å². The summed E-state index contributed by atoms with van der Waals surface area (Å²) in [7, 11) is -3.85. The van der Waals surface area contributed by atoms with Crippen LogP contribution < -0.4 is 4.72 Å². The fourth-order valence-corrected chi connectivity index (χ4v) is 4.45. The quantitative estimate of drug-likeness (QED) is 0.634. The van der Waals surface area contributed by atoms with Crippen LogP contribution >= 0.6 is 0 Å². The monoisotopic (exact) mass is 487 g/mol. The minimum atomic E-state index is -4.65. The van der Waals surface area contributed by atoms with Gasteiger partial charge in [-0.15, -0.1) is 0 Å². The number of nitrogens with one attached hydrogen (secondary N) is 1. The van der Waals surface area contributed by atoms with Gasteiger partial charge in [-0.2, -0.15) is 13.2 Å². The third-order valence-electron chi connectivity index (χ3n) is 5.43. The van der Waals surface area contributed by atoms with Crippen molar-refractivity contribution in [2.75, 3.05) is 30.6 Å². The van der Waals surface area contributed by atoms with Crippen LogP contribution in [0.4, 0.5) is 23.2 Å². The second-order valence-electron chi connectivity index (χ2n) is 8.22. The molecule has 0 aromatic heterocycles. The highest BCUT2D eigenvalue weighted by Crippen LogP contribution is 2.33. The molecule has 1 saturated heterocycles. The highest BCUT2D eigenvalue weighted by atomic mass is 32.2. The summed E-state index contributed by atoms with van der Waals surface area (Å²) in [5.74, 6) is -0.615. The van der Waals surface area contributed by atoms with E-state index in [0.717, 1.165) is 24.0 Å². The predicted octanol–water partition coefficient (Wildman–Crippen LogP) is 3.49. The molecule has 0 spiro atoms. The zero-order valence-electron chi connectivity index (χ0n) is 18.2. The Balaban J connectivity index is 1.70. The third kappa shape index (κ3) is 6.91. The number of halogens is 4. The molecule has 33 heavy (non-hydrogen) atoms. The molecular formula is C22H25F4N3O3S. The Bertz CT molecular complexity index is 1100. The maximum atomic E-state index is 13.1. The van der Waals surface area contributed by atoms with E-state index in [9.17, 15) is 30.8 Å². The molecular weight excluding hydrogens is 462 g/mol. The molecule has 2 aromatic carbocycles. The van der Waals surface area contributed by atoms with Crippen LogP contribution in [0.2, 0.25) is 0 Å². The molecule has 0 bridgehead atoms. The van der Waals surface area contributed by atoms with Gasteiger partial charge in [0, 0.05) is 32.2 Å². The van der Waals surface area contributed by atoms with Gasteiger partial charge in [0.1, 0.15) is 5.82 Å². The van der Waals surface area contributed by atoms with Gasteiger partial charge >= 0.3 is 6.18 Å². The molecule has 6 nitrogen and oxygen atoms in total. The summed E-state index contributed by atoms with van der Waals surface area (Å²) in [5.41, 5.74) is -0.153. The van der Waals surface area contributed by atoms with Gasteiger partial charge in [0.2, 0.25) is 15.9 Å². The summed E-state index contributed by atoms with van der Waals surface area (Å²) in [6.07, 6.45) is -4.05.